The van der Waals surface area contributed by atoms with Crippen LogP contribution in [0.2, 0.25) is 0 Å². The third kappa shape index (κ3) is 1.87. The molecule has 0 spiro atoms. The molecule has 2 rings (SSSR count). The second-order valence-corrected chi connectivity index (χ2v) is 3.15. The van der Waals surface area contributed by atoms with E-state index in [2.05, 4.69) is 11.9 Å². The Morgan fingerprint density at radius 3 is 3.07 bits per heavy atom. The van der Waals surface area contributed by atoms with E-state index in [-0.39, 0.29) is 0 Å². The predicted molar refractivity (Wildman–Crippen MR) is 55.3 cm³/mol. The van der Waals surface area contributed by atoms with Crippen molar-refractivity contribution in [1.82, 2.24) is 0 Å². The fourth-order valence-corrected chi connectivity index (χ4v) is 1.29. The third-order valence-electron chi connectivity index (χ3n) is 1.99. The number of fused-ring (bicyclic) bond motifs is 1. The van der Waals surface area contributed by atoms with Crippen molar-refractivity contribution < 1.29 is 9.47 Å². The third-order valence-corrected chi connectivity index (χ3v) is 1.99. The van der Waals surface area contributed by atoms with Crippen LogP contribution >= 0.6 is 0 Å². The second-order valence-electron chi connectivity index (χ2n) is 3.15. The molecule has 1 aliphatic rings. The normalized spacial score (nSPS) is 13.8. The van der Waals surface area contributed by atoms with Gasteiger partial charge >= 0.3 is 0 Å². The molecule has 1 aromatic rings. The fourth-order valence-electron chi connectivity index (χ4n) is 1.29. The summed E-state index contributed by atoms with van der Waals surface area (Å²) in [5.41, 5.74) is 1.06. The molecule has 1 aliphatic heterocycles. The lowest BCUT2D eigenvalue weighted by molar-refractivity contribution is 0.174. The molecule has 3 nitrogen and oxygen atoms in total. The molecule has 1 aromatic carbocycles. The van der Waals surface area contributed by atoms with Crippen LogP contribution < -0.4 is 9.47 Å². The minimum atomic E-state index is 0.324. The van der Waals surface area contributed by atoms with E-state index in [1.807, 2.05) is 24.4 Å². The number of hydrogen-bond acceptors (Lipinski definition) is 3. The van der Waals surface area contributed by atoms with Crippen molar-refractivity contribution in [2.75, 3.05) is 13.3 Å². The highest BCUT2D eigenvalue weighted by Gasteiger charge is 2.12. The van der Waals surface area contributed by atoms with E-state index < -0.39 is 0 Å². The summed E-state index contributed by atoms with van der Waals surface area (Å²) in [5.74, 6) is 1.63. The Kier molecular flexibility index (Phi) is 2.68. The van der Waals surface area contributed by atoms with Crippen LogP contribution in [-0.4, -0.2) is 19.6 Å². The number of benzene rings is 1. The van der Waals surface area contributed by atoms with E-state index in [1.165, 1.54) is 0 Å². The lowest BCUT2D eigenvalue weighted by atomic mass is 10.2. The molecular weight excluding hydrogens is 178 g/mol. The summed E-state index contributed by atoms with van der Waals surface area (Å²) in [6, 6.07) is 5.84. The molecule has 0 aliphatic carbocycles. The molecule has 0 atom stereocenters. The van der Waals surface area contributed by atoms with Crippen LogP contribution in [0, 0.1) is 0 Å². The van der Waals surface area contributed by atoms with Gasteiger partial charge in [-0.15, -0.1) is 0 Å². The monoisotopic (exact) mass is 191 g/mol. The summed E-state index contributed by atoms with van der Waals surface area (Å²) in [6.45, 7) is 3.30. The van der Waals surface area contributed by atoms with Crippen molar-refractivity contribution in [1.29, 1.82) is 0 Å². The lowest BCUT2D eigenvalue weighted by Gasteiger charge is -1.96. The quantitative estimate of drug-likeness (QED) is 0.686. The minimum absolute atomic E-state index is 0.324. The smallest absolute Gasteiger partial charge is 0.231 e. The van der Waals surface area contributed by atoms with Gasteiger partial charge < -0.3 is 9.47 Å². The molecule has 1 heterocycles. The first kappa shape index (κ1) is 9.06. The molecule has 0 amide bonds. The van der Waals surface area contributed by atoms with Crippen LogP contribution in [0.4, 0.5) is 0 Å². The van der Waals surface area contributed by atoms with Gasteiger partial charge in [0.25, 0.3) is 0 Å². The number of nitrogens with zero attached hydrogens (tertiary/aromatic N) is 1. The van der Waals surface area contributed by atoms with E-state index >= 15 is 0 Å². The highest BCUT2D eigenvalue weighted by Crippen LogP contribution is 2.31. The van der Waals surface area contributed by atoms with Crippen molar-refractivity contribution in [2.45, 2.75) is 13.3 Å². The zero-order valence-corrected chi connectivity index (χ0v) is 8.19. The van der Waals surface area contributed by atoms with Gasteiger partial charge in [0, 0.05) is 12.8 Å². The zero-order valence-electron chi connectivity index (χ0n) is 8.19. The average Bonchev–Trinajstić information content (AvgIpc) is 2.65. The Morgan fingerprint density at radius 1 is 1.36 bits per heavy atom. The molecule has 14 heavy (non-hydrogen) atoms. The van der Waals surface area contributed by atoms with Gasteiger partial charge in [-0.3, -0.25) is 4.99 Å². The minimum Gasteiger partial charge on any atom is -0.454 e. The Balaban J connectivity index is 2.12. The maximum Gasteiger partial charge on any atom is 0.231 e. The molecule has 0 aromatic heterocycles. The molecule has 3 heteroatoms. The molecule has 0 unspecified atom stereocenters. The van der Waals surface area contributed by atoms with Crippen LogP contribution in [0.3, 0.4) is 0 Å². The Morgan fingerprint density at radius 2 is 2.21 bits per heavy atom. The molecule has 0 saturated heterocycles. The molecular formula is C11H13NO2. The van der Waals surface area contributed by atoms with E-state index in [4.69, 9.17) is 9.47 Å². The average molecular weight is 191 g/mol. The maximum atomic E-state index is 5.26. The summed E-state index contributed by atoms with van der Waals surface area (Å²) in [7, 11) is 0. The summed E-state index contributed by atoms with van der Waals surface area (Å²) in [6.07, 6.45) is 2.94. The van der Waals surface area contributed by atoms with E-state index in [0.717, 1.165) is 30.0 Å². The molecule has 74 valence electrons. The molecule has 0 fully saturated rings. The molecule has 0 saturated carbocycles. The summed E-state index contributed by atoms with van der Waals surface area (Å²) < 4.78 is 10.5. The van der Waals surface area contributed by atoms with E-state index in [1.54, 1.807) is 0 Å². The van der Waals surface area contributed by atoms with Crippen LogP contribution in [0.5, 0.6) is 11.5 Å². The van der Waals surface area contributed by atoms with E-state index in [0.29, 0.717) is 6.79 Å². The first-order chi connectivity index (χ1) is 6.90. The first-order valence-corrected chi connectivity index (χ1v) is 4.79. The predicted octanol–water partition coefficient (Wildman–Crippen LogP) is 2.24. The van der Waals surface area contributed by atoms with Gasteiger partial charge in [-0.1, -0.05) is 6.92 Å². The first-order valence-electron chi connectivity index (χ1n) is 4.79. The Hall–Kier alpha value is -1.51. The lowest BCUT2D eigenvalue weighted by Crippen LogP contribution is -1.92. The fraction of sp³-hybridized carbons (Fsp3) is 0.364. The number of aliphatic imine (C=N–C) groups is 1. The van der Waals surface area contributed by atoms with Crippen molar-refractivity contribution in [3.63, 3.8) is 0 Å². The van der Waals surface area contributed by atoms with Gasteiger partial charge in [-0.25, -0.2) is 0 Å². The molecule has 0 N–H and O–H groups in total. The van der Waals surface area contributed by atoms with Gasteiger partial charge in [-0.05, 0) is 30.2 Å². The van der Waals surface area contributed by atoms with Crippen LogP contribution in [0.15, 0.2) is 23.2 Å². The molecule has 0 bridgehead atoms. The van der Waals surface area contributed by atoms with Gasteiger partial charge in [0.15, 0.2) is 11.5 Å². The van der Waals surface area contributed by atoms with Gasteiger partial charge in [0.1, 0.15) is 0 Å². The SMILES string of the molecule is CCC/N=C/c1ccc2c(c1)OCO2. The maximum absolute atomic E-state index is 5.26. The second kappa shape index (κ2) is 4.13. The van der Waals surface area contributed by atoms with Crippen molar-refractivity contribution in [3.05, 3.63) is 23.8 Å². The number of ether oxygens (including phenoxy) is 2. The van der Waals surface area contributed by atoms with Gasteiger partial charge in [0.2, 0.25) is 6.79 Å². The summed E-state index contributed by atoms with van der Waals surface area (Å²) >= 11 is 0. The highest BCUT2D eigenvalue weighted by molar-refractivity contribution is 5.81. The highest BCUT2D eigenvalue weighted by atomic mass is 16.7. The topological polar surface area (TPSA) is 30.8 Å². The molecule has 0 radical (unpaired) electrons. The Bertz CT molecular complexity index is 347. The van der Waals surface area contributed by atoms with Crippen LogP contribution in [-0.2, 0) is 0 Å². The Labute approximate surface area is 83.4 Å². The van der Waals surface area contributed by atoms with Gasteiger partial charge in [0.05, 0.1) is 0 Å². The summed E-state index contributed by atoms with van der Waals surface area (Å²) in [4.78, 5) is 4.26. The van der Waals surface area contributed by atoms with Gasteiger partial charge in [-0.2, -0.15) is 0 Å². The largest absolute Gasteiger partial charge is 0.454 e. The number of rotatable bonds is 3. The standard InChI is InChI=1S/C11H13NO2/c1-2-5-12-7-9-3-4-10-11(6-9)14-8-13-10/h3-4,6-7H,2,5,8H2,1H3/b12-7+. The van der Waals surface area contributed by atoms with Crippen LogP contribution in [0.1, 0.15) is 18.9 Å². The van der Waals surface area contributed by atoms with Crippen molar-refractivity contribution >= 4 is 6.21 Å². The van der Waals surface area contributed by atoms with Crippen molar-refractivity contribution in [3.8, 4) is 11.5 Å². The zero-order chi connectivity index (χ0) is 9.80. The van der Waals surface area contributed by atoms with Crippen molar-refractivity contribution in [2.24, 2.45) is 4.99 Å². The van der Waals surface area contributed by atoms with Crippen LogP contribution in [0.25, 0.3) is 0 Å². The van der Waals surface area contributed by atoms with E-state index in [9.17, 15) is 0 Å². The number of hydrogen-bond donors (Lipinski definition) is 0. The summed E-state index contributed by atoms with van der Waals surface area (Å²) in [5, 5.41) is 0.